The Hall–Kier alpha value is -1.01. The fourth-order valence-corrected chi connectivity index (χ4v) is 1.57. The van der Waals surface area contributed by atoms with Gasteiger partial charge in [0.05, 0.1) is 16.4 Å². The van der Waals surface area contributed by atoms with Crippen LogP contribution in [0.3, 0.4) is 0 Å². The Balaban J connectivity index is 3.41. The molecular formula is C8H4BrClFNO3. The van der Waals surface area contributed by atoms with Crippen molar-refractivity contribution in [3.05, 3.63) is 38.1 Å². The van der Waals surface area contributed by atoms with Gasteiger partial charge in [-0.3, -0.25) is 14.9 Å². The molecule has 15 heavy (non-hydrogen) atoms. The van der Waals surface area contributed by atoms with Crippen LogP contribution in [0.15, 0.2) is 16.6 Å². The van der Waals surface area contributed by atoms with Crippen molar-refractivity contribution in [3.63, 3.8) is 0 Å². The molecule has 4 nitrogen and oxygen atoms in total. The molecule has 0 heterocycles. The maximum atomic E-state index is 13.4. The molecule has 1 aromatic carbocycles. The maximum Gasteiger partial charge on any atom is 0.306 e. The van der Waals surface area contributed by atoms with Gasteiger partial charge in [0, 0.05) is 10.5 Å². The molecule has 0 atom stereocenters. The second-order valence-corrected chi connectivity index (χ2v) is 3.78. The summed E-state index contributed by atoms with van der Waals surface area (Å²) in [6, 6.07) is 2.15. The summed E-state index contributed by atoms with van der Waals surface area (Å²) < 4.78 is 13.7. The molecule has 0 aliphatic rings. The van der Waals surface area contributed by atoms with Crippen molar-refractivity contribution in [2.45, 2.75) is 0 Å². The van der Waals surface area contributed by atoms with Crippen molar-refractivity contribution >= 4 is 39.0 Å². The number of ketones is 1. The molecule has 0 aliphatic heterocycles. The molecule has 0 fully saturated rings. The molecule has 0 bridgehead atoms. The van der Waals surface area contributed by atoms with E-state index in [1.54, 1.807) is 0 Å². The molecule has 0 N–H and O–H groups in total. The highest BCUT2D eigenvalue weighted by Gasteiger charge is 2.22. The number of hydrogen-bond donors (Lipinski definition) is 0. The molecule has 0 radical (unpaired) electrons. The molecule has 0 saturated carbocycles. The average Bonchev–Trinajstić information content (AvgIpc) is 2.19. The van der Waals surface area contributed by atoms with E-state index in [2.05, 4.69) is 15.9 Å². The van der Waals surface area contributed by atoms with Crippen LogP contribution in [0.4, 0.5) is 10.1 Å². The van der Waals surface area contributed by atoms with Crippen LogP contribution in [0, 0.1) is 15.9 Å². The first-order valence-corrected chi connectivity index (χ1v) is 5.02. The van der Waals surface area contributed by atoms with E-state index in [1.165, 1.54) is 0 Å². The van der Waals surface area contributed by atoms with Gasteiger partial charge < -0.3 is 0 Å². The van der Waals surface area contributed by atoms with Crippen LogP contribution in [0.5, 0.6) is 0 Å². The van der Waals surface area contributed by atoms with Crippen LogP contribution in [0.1, 0.15) is 10.4 Å². The highest BCUT2D eigenvalue weighted by Crippen LogP contribution is 2.26. The lowest BCUT2D eigenvalue weighted by molar-refractivity contribution is -0.387. The first kappa shape index (κ1) is 12.1. The SMILES string of the molecule is O=C(CCl)c1cc(Br)cc([N+](=O)[O-])c1F. The Labute approximate surface area is 97.3 Å². The fourth-order valence-electron chi connectivity index (χ4n) is 0.983. The summed E-state index contributed by atoms with van der Waals surface area (Å²) in [6.45, 7) is 0. The predicted octanol–water partition coefficient (Wildman–Crippen LogP) is 2.92. The van der Waals surface area contributed by atoms with E-state index in [0.717, 1.165) is 12.1 Å². The first-order valence-electron chi connectivity index (χ1n) is 3.70. The Morgan fingerprint density at radius 1 is 1.60 bits per heavy atom. The number of Topliss-reactive ketones (excluding diaryl/α,β-unsaturated/α-hetero) is 1. The molecule has 0 aromatic heterocycles. The lowest BCUT2D eigenvalue weighted by atomic mass is 10.1. The average molecular weight is 296 g/mol. The zero-order valence-electron chi connectivity index (χ0n) is 7.17. The first-order chi connectivity index (χ1) is 6.97. The quantitative estimate of drug-likeness (QED) is 0.373. The Morgan fingerprint density at radius 3 is 2.67 bits per heavy atom. The predicted molar refractivity (Wildman–Crippen MR) is 55.8 cm³/mol. The summed E-state index contributed by atoms with van der Waals surface area (Å²) in [5, 5.41) is 10.4. The molecule has 0 spiro atoms. The van der Waals surface area contributed by atoms with Crippen LogP contribution >= 0.6 is 27.5 Å². The molecule has 7 heteroatoms. The maximum absolute atomic E-state index is 13.4. The van der Waals surface area contributed by atoms with Crippen LogP contribution < -0.4 is 0 Å². The van der Waals surface area contributed by atoms with E-state index < -0.39 is 28.1 Å². The Kier molecular flexibility index (Phi) is 3.76. The van der Waals surface area contributed by atoms with Gasteiger partial charge >= 0.3 is 5.69 Å². The second kappa shape index (κ2) is 4.67. The zero-order chi connectivity index (χ0) is 11.6. The van der Waals surface area contributed by atoms with E-state index in [1.807, 2.05) is 0 Å². The molecule has 0 unspecified atom stereocenters. The summed E-state index contributed by atoms with van der Waals surface area (Å²) in [4.78, 5) is 20.7. The number of alkyl halides is 1. The van der Waals surface area contributed by atoms with E-state index in [4.69, 9.17) is 11.6 Å². The number of hydrogen-bond acceptors (Lipinski definition) is 3. The van der Waals surface area contributed by atoms with Gasteiger partial charge in [-0.25, -0.2) is 0 Å². The topological polar surface area (TPSA) is 60.2 Å². The van der Waals surface area contributed by atoms with E-state index >= 15 is 0 Å². The molecule has 0 aliphatic carbocycles. The molecule has 0 amide bonds. The monoisotopic (exact) mass is 295 g/mol. The zero-order valence-corrected chi connectivity index (χ0v) is 9.51. The van der Waals surface area contributed by atoms with Gasteiger partial charge in [-0.1, -0.05) is 15.9 Å². The van der Waals surface area contributed by atoms with Gasteiger partial charge in [-0.05, 0) is 6.07 Å². The number of halogens is 3. The summed E-state index contributed by atoms with van der Waals surface area (Å²) in [5.41, 5.74) is -1.14. The number of nitro groups is 1. The Morgan fingerprint density at radius 2 is 2.20 bits per heavy atom. The summed E-state index contributed by atoms with van der Waals surface area (Å²) >= 11 is 8.19. The van der Waals surface area contributed by atoms with Gasteiger partial charge in [0.25, 0.3) is 0 Å². The highest BCUT2D eigenvalue weighted by molar-refractivity contribution is 9.10. The molecular weight excluding hydrogens is 292 g/mol. The van der Waals surface area contributed by atoms with Crippen LogP contribution in [-0.2, 0) is 0 Å². The van der Waals surface area contributed by atoms with E-state index in [0.29, 0.717) is 0 Å². The minimum atomic E-state index is -1.16. The van der Waals surface area contributed by atoms with Gasteiger partial charge in [0.15, 0.2) is 5.78 Å². The third-order valence-corrected chi connectivity index (χ3v) is 2.34. The lowest BCUT2D eigenvalue weighted by Crippen LogP contribution is -2.06. The van der Waals surface area contributed by atoms with Crippen LogP contribution in [0.2, 0.25) is 0 Å². The van der Waals surface area contributed by atoms with Crippen molar-refractivity contribution in [2.75, 3.05) is 5.88 Å². The van der Waals surface area contributed by atoms with E-state index in [9.17, 15) is 19.3 Å². The molecule has 80 valence electrons. The summed E-state index contributed by atoms with van der Waals surface area (Å²) in [6.07, 6.45) is 0. The highest BCUT2D eigenvalue weighted by atomic mass is 79.9. The lowest BCUT2D eigenvalue weighted by Gasteiger charge is -2.01. The fraction of sp³-hybridized carbons (Fsp3) is 0.125. The van der Waals surface area contributed by atoms with Crippen molar-refractivity contribution in [2.24, 2.45) is 0 Å². The number of carbonyl (C=O) groups is 1. The smallest absolute Gasteiger partial charge is 0.293 e. The van der Waals surface area contributed by atoms with Gasteiger partial charge in [0.1, 0.15) is 0 Å². The minimum absolute atomic E-state index is 0.254. The van der Waals surface area contributed by atoms with Crippen molar-refractivity contribution in [1.82, 2.24) is 0 Å². The van der Waals surface area contributed by atoms with Gasteiger partial charge in [-0.15, -0.1) is 11.6 Å². The largest absolute Gasteiger partial charge is 0.306 e. The second-order valence-electron chi connectivity index (χ2n) is 2.60. The third-order valence-electron chi connectivity index (χ3n) is 1.64. The van der Waals surface area contributed by atoms with E-state index in [-0.39, 0.29) is 10.0 Å². The molecule has 1 aromatic rings. The van der Waals surface area contributed by atoms with Gasteiger partial charge in [-0.2, -0.15) is 4.39 Å². The van der Waals surface area contributed by atoms with Crippen molar-refractivity contribution in [1.29, 1.82) is 0 Å². The molecule has 0 saturated heterocycles. The van der Waals surface area contributed by atoms with Crippen LogP contribution in [0.25, 0.3) is 0 Å². The molecule has 1 rings (SSSR count). The van der Waals surface area contributed by atoms with Crippen molar-refractivity contribution in [3.8, 4) is 0 Å². The number of benzene rings is 1. The third kappa shape index (κ3) is 2.51. The summed E-state index contributed by atoms with van der Waals surface area (Å²) in [5.74, 6) is -2.28. The minimum Gasteiger partial charge on any atom is -0.293 e. The number of nitrogens with zero attached hydrogens (tertiary/aromatic N) is 1. The Bertz CT molecular complexity index is 438. The number of rotatable bonds is 3. The number of carbonyl (C=O) groups excluding carboxylic acids is 1. The number of nitro benzene ring substituents is 1. The van der Waals surface area contributed by atoms with Crippen LogP contribution in [-0.4, -0.2) is 16.6 Å². The van der Waals surface area contributed by atoms with Gasteiger partial charge in [0.2, 0.25) is 5.82 Å². The van der Waals surface area contributed by atoms with Crippen molar-refractivity contribution < 1.29 is 14.1 Å². The summed E-state index contributed by atoms with van der Waals surface area (Å²) in [7, 11) is 0. The normalized spacial score (nSPS) is 10.1. The standard InChI is InChI=1S/C8H4BrClFNO3/c9-4-1-5(7(13)3-10)8(11)6(2-4)12(14)15/h1-2H,3H2.